The van der Waals surface area contributed by atoms with Gasteiger partial charge in [-0.1, -0.05) is 29.8 Å². The standard InChI is InChI=1S/C16H11BrClNO2/c17-15-7-2-1-6-14(15)16(20)21-13-9-8-12(18)5-3-4-10-19-11-13/h1-11H. The van der Waals surface area contributed by atoms with Crippen LogP contribution in [0.1, 0.15) is 10.4 Å². The fraction of sp³-hybridized carbons (Fsp3) is 0. The first-order valence-corrected chi connectivity index (χ1v) is 7.24. The molecule has 3 nitrogen and oxygen atoms in total. The van der Waals surface area contributed by atoms with Gasteiger partial charge < -0.3 is 4.74 Å². The van der Waals surface area contributed by atoms with Gasteiger partial charge in [-0.05, 0) is 52.3 Å². The first-order valence-electron chi connectivity index (χ1n) is 6.07. The smallest absolute Gasteiger partial charge is 0.344 e. The van der Waals surface area contributed by atoms with Crippen LogP contribution < -0.4 is 4.74 Å². The van der Waals surface area contributed by atoms with Crippen molar-refractivity contribution in [1.29, 1.82) is 0 Å². The van der Waals surface area contributed by atoms with Crippen molar-refractivity contribution in [3.63, 3.8) is 0 Å². The molecule has 0 radical (unpaired) electrons. The van der Waals surface area contributed by atoms with E-state index in [1.807, 2.05) is 6.07 Å². The third-order valence-electron chi connectivity index (χ3n) is 2.45. The Morgan fingerprint density at radius 2 is 1.81 bits per heavy atom. The molecule has 2 aromatic rings. The average Bonchev–Trinajstić information content (AvgIpc) is 2.48. The van der Waals surface area contributed by atoms with Gasteiger partial charge in [-0.25, -0.2) is 4.79 Å². The molecule has 0 fully saturated rings. The summed E-state index contributed by atoms with van der Waals surface area (Å²) in [6, 6.07) is 15.5. The lowest BCUT2D eigenvalue weighted by Gasteiger charge is -2.04. The van der Waals surface area contributed by atoms with Crippen LogP contribution in [0.15, 0.2) is 71.5 Å². The summed E-state index contributed by atoms with van der Waals surface area (Å²) in [5.74, 6) is -0.171. The summed E-state index contributed by atoms with van der Waals surface area (Å²) >= 11 is 9.28. The van der Waals surface area contributed by atoms with Crippen LogP contribution in [0.3, 0.4) is 0 Å². The Morgan fingerprint density at radius 3 is 2.62 bits per heavy atom. The number of carbonyl (C=O) groups is 1. The van der Waals surface area contributed by atoms with E-state index in [1.54, 1.807) is 54.7 Å². The van der Waals surface area contributed by atoms with Crippen molar-refractivity contribution >= 4 is 33.5 Å². The van der Waals surface area contributed by atoms with E-state index in [2.05, 4.69) is 20.9 Å². The van der Waals surface area contributed by atoms with E-state index in [9.17, 15) is 4.79 Å². The van der Waals surface area contributed by atoms with E-state index in [-0.39, 0.29) is 0 Å². The van der Waals surface area contributed by atoms with E-state index < -0.39 is 5.97 Å². The normalized spacial score (nSPS) is 9.62. The van der Waals surface area contributed by atoms with Crippen LogP contribution in [0.25, 0.3) is 0 Å². The molecule has 0 unspecified atom stereocenters. The Balaban J connectivity index is 2.31. The molecule has 0 N–H and O–H groups in total. The maximum absolute atomic E-state index is 12.1. The van der Waals surface area contributed by atoms with Crippen LogP contribution in [-0.2, 0) is 0 Å². The minimum atomic E-state index is -0.471. The zero-order valence-electron chi connectivity index (χ0n) is 10.9. The summed E-state index contributed by atoms with van der Waals surface area (Å²) in [5, 5.41) is 0.518. The van der Waals surface area contributed by atoms with E-state index in [4.69, 9.17) is 16.3 Å². The van der Waals surface area contributed by atoms with Crippen molar-refractivity contribution in [1.82, 2.24) is 4.98 Å². The van der Waals surface area contributed by atoms with Crippen LogP contribution in [0.4, 0.5) is 0 Å². The lowest BCUT2D eigenvalue weighted by Crippen LogP contribution is -2.08. The average molecular weight is 365 g/mol. The van der Waals surface area contributed by atoms with Gasteiger partial charge in [-0.3, -0.25) is 4.98 Å². The fourth-order valence-electron chi connectivity index (χ4n) is 1.47. The third-order valence-corrected chi connectivity index (χ3v) is 3.40. The Labute approximate surface area is 136 Å². The highest BCUT2D eigenvalue weighted by Crippen LogP contribution is 2.18. The number of benzene rings is 1. The molecule has 0 aliphatic heterocycles. The molecule has 21 heavy (non-hydrogen) atoms. The van der Waals surface area contributed by atoms with Gasteiger partial charge in [-0.2, -0.15) is 0 Å². The van der Waals surface area contributed by atoms with Gasteiger partial charge >= 0.3 is 5.97 Å². The first kappa shape index (κ1) is 15.5. The number of esters is 1. The van der Waals surface area contributed by atoms with Crippen molar-refractivity contribution in [2.45, 2.75) is 0 Å². The maximum atomic E-state index is 12.1. The lowest BCUT2D eigenvalue weighted by molar-refractivity contribution is 0.0733. The third kappa shape index (κ3) is 4.85. The van der Waals surface area contributed by atoms with Gasteiger partial charge in [-0.15, -0.1) is 0 Å². The molecule has 0 amide bonds. The second-order valence-corrected chi connectivity index (χ2v) is 5.26. The molecule has 106 valence electrons. The number of aromatic nitrogens is 1. The molecule has 2 rings (SSSR count). The maximum Gasteiger partial charge on any atom is 0.344 e. The van der Waals surface area contributed by atoms with E-state index in [1.165, 1.54) is 6.20 Å². The molecule has 0 saturated heterocycles. The quantitative estimate of drug-likeness (QED) is 0.716. The number of hydrogen-bond donors (Lipinski definition) is 0. The van der Waals surface area contributed by atoms with Crippen molar-refractivity contribution in [3.05, 3.63) is 82.0 Å². The van der Waals surface area contributed by atoms with Crippen LogP contribution in [0.5, 0.6) is 5.75 Å². The summed E-state index contributed by atoms with van der Waals surface area (Å²) in [4.78, 5) is 16.1. The van der Waals surface area contributed by atoms with Gasteiger partial charge in [0.1, 0.15) is 5.75 Å². The van der Waals surface area contributed by atoms with Gasteiger partial charge in [0, 0.05) is 15.7 Å². The van der Waals surface area contributed by atoms with Crippen molar-refractivity contribution in [2.75, 3.05) is 0 Å². The Bertz CT molecular complexity index is 705. The van der Waals surface area contributed by atoms with Gasteiger partial charge in [0.2, 0.25) is 0 Å². The summed E-state index contributed by atoms with van der Waals surface area (Å²) in [6.07, 6.45) is 3.02. The minimum Gasteiger partial charge on any atom is -0.421 e. The lowest BCUT2D eigenvalue weighted by atomic mass is 10.2. The number of hydrogen-bond acceptors (Lipinski definition) is 3. The Hall–Kier alpha value is -1.91. The monoisotopic (exact) mass is 363 g/mol. The minimum absolute atomic E-state index is 0.300. The highest BCUT2D eigenvalue weighted by molar-refractivity contribution is 9.10. The highest BCUT2D eigenvalue weighted by atomic mass is 79.9. The fourth-order valence-corrected chi connectivity index (χ4v) is 2.06. The number of nitrogens with zero attached hydrogens (tertiary/aromatic N) is 1. The Kier molecular flexibility index (Phi) is 5.72. The molecule has 0 spiro atoms. The Morgan fingerprint density at radius 1 is 1.05 bits per heavy atom. The van der Waals surface area contributed by atoms with Crippen molar-refractivity contribution < 1.29 is 9.53 Å². The molecule has 1 aromatic carbocycles. The van der Waals surface area contributed by atoms with Crippen LogP contribution in [-0.4, -0.2) is 11.0 Å². The molecular formula is C16H11BrClNO2. The topological polar surface area (TPSA) is 39.2 Å². The van der Waals surface area contributed by atoms with E-state index >= 15 is 0 Å². The second-order valence-electron chi connectivity index (χ2n) is 3.97. The van der Waals surface area contributed by atoms with Crippen molar-refractivity contribution in [3.8, 4) is 5.75 Å². The van der Waals surface area contributed by atoms with Gasteiger partial charge in [0.25, 0.3) is 0 Å². The predicted octanol–water partition coefficient (Wildman–Crippen LogP) is 4.84. The second kappa shape index (κ2) is 7.76. The molecule has 0 bridgehead atoms. The molecule has 0 atom stereocenters. The molecule has 0 aliphatic carbocycles. The van der Waals surface area contributed by atoms with Crippen LogP contribution in [0, 0.1) is 0 Å². The molecule has 0 saturated carbocycles. The summed E-state index contributed by atoms with van der Waals surface area (Å²) in [7, 11) is 0. The van der Waals surface area contributed by atoms with Crippen LogP contribution >= 0.6 is 27.5 Å². The predicted molar refractivity (Wildman–Crippen MR) is 86.0 cm³/mol. The van der Waals surface area contributed by atoms with Gasteiger partial charge in [0.05, 0.1) is 11.8 Å². The molecular weight excluding hydrogens is 354 g/mol. The summed E-state index contributed by atoms with van der Waals surface area (Å²) < 4.78 is 5.99. The zero-order valence-corrected chi connectivity index (χ0v) is 13.2. The summed E-state index contributed by atoms with van der Waals surface area (Å²) in [5.41, 5.74) is 0.439. The SMILES string of the molecule is O=C(Oc1ccc(Cl)ccccnc1)c1ccccc1Br. The molecule has 5 heteroatoms. The first-order chi connectivity index (χ1) is 10.2. The molecule has 0 aliphatic rings. The van der Waals surface area contributed by atoms with E-state index in [0.717, 1.165) is 0 Å². The molecule has 1 heterocycles. The number of rotatable bonds is 2. The summed E-state index contributed by atoms with van der Waals surface area (Å²) in [6.45, 7) is 0. The number of ether oxygens (including phenoxy) is 1. The van der Waals surface area contributed by atoms with Crippen LogP contribution in [0.2, 0.25) is 5.02 Å². The van der Waals surface area contributed by atoms with Gasteiger partial charge in [0.15, 0.2) is 0 Å². The van der Waals surface area contributed by atoms with E-state index in [0.29, 0.717) is 20.8 Å². The largest absolute Gasteiger partial charge is 0.421 e. The number of carbonyl (C=O) groups excluding carboxylic acids is 1. The highest BCUT2D eigenvalue weighted by Gasteiger charge is 2.11. The zero-order chi connectivity index (χ0) is 15.1. The number of halogens is 2. The molecule has 1 aromatic heterocycles. The van der Waals surface area contributed by atoms with Crippen molar-refractivity contribution in [2.24, 2.45) is 0 Å².